The van der Waals surface area contributed by atoms with E-state index >= 15 is 0 Å². The lowest BCUT2D eigenvalue weighted by molar-refractivity contribution is 0.111. The Kier molecular flexibility index (Phi) is 6.23. The monoisotopic (exact) mass is 369 g/mol. The molecule has 0 saturated carbocycles. The third-order valence-electron chi connectivity index (χ3n) is 5.12. The molecule has 1 aliphatic rings. The van der Waals surface area contributed by atoms with Crippen LogP contribution in [0.4, 0.5) is 0 Å². The number of hydrogen-bond acceptors (Lipinski definition) is 3. The van der Waals surface area contributed by atoms with Crippen molar-refractivity contribution in [2.45, 2.75) is 38.9 Å². The van der Waals surface area contributed by atoms with Crippen molar-refractivity contribution in [1.82, 2.24) is 9.80 Å². The van der Waals surface area contributed by atoms with Crippen LogP contribution in [0.1, 0.15) is 37.4 Å². The van der Waals surface area contributed by atoms with E-state index in [2.05, 4.69) is 72.3 Å². The van der Waals surface area contributed by atoms with Crippen LogP contribution in [0.3, 0.4) is 0 Å². The van der Waals surface area contributed by atoms with Crippen LogP contribution in [0.5, 0.6) is 0 Å². The molecule has 1 heterocycles. The Morgan fingerprint density at radius 3 is 2.42 bits per heavy atom. The van der Waals surface area contributed by atoms with Crippen LogP contribution in [-0.4, -0.2) is 29.1 Å². The van der Waals surface area contributed by atoms with Crippen molar-refractivity contribution in [3.05, 3.63) is 82.6 Å². The van der Waals surface area contributed by atoms with E-state index in [9.17, 15) is 0 Å². The van der Waals surface area contributed by atoms with Gasteiger partial charge in [0.2, 0.25) is 0 Å². The van der Waals surface area contributed by atoms with Crippen LogP contribution in [0.2, 0.25) is 5.02 Å². The molecule has 3 rings (SSSR count). The van der Waals surface area contributed by atoms with Gasteiger partial charge < -0.3 is 15.5 Å². The van der Waals surface area contributed by atoms with Crippen LogP contribution in [0.25, 0.3) is 0 Å². The average Bonchev–Trinajstić information content (AvgIpc) is 2.96. The Morgan fingerprint density at radius 1 is 1.08 bits per heavy atom. The van der Waals surface area contributed by atoms with E-state index in [0.717, 1.165) is 24.4 Å². The number of hydrogen-bond donors (Lipinski definition) is 1. The molecule has 4 heteroatoms. The normalized spacial score (nSPS) is 18.2. The molecule has 2 unspecified atom stereocenters. The zero-order chi connectivity index (χ0) is 18.5. The lowest BCUT2D eigenvalue weighted by Crippen LogP contribution is -2.43. The maximum absolute atomic E-state index is 6.08. The predicted molar refractivity (Wildman–Crippen MR) is 110 cm³/mol. The third kappa shape index (κ3) is 4.22. The highest BCUT2D eigenvalue weighted by molar-refractivity contribution is 6.30. The molecule has 0 aromatic heterocycles. The van der Waals surface area contributed by atoms with Gasteiger partial charge in [-0.25, -0.2) is 0 Å². The van der Waals surface area contributed by atoms with Gasteiger partial charge >= 0.3 is 0 Å². The Bertz CT molecular complexity index is 727. The summed E-state index contributed by atoms with van der Waals surface area (Å²) in [6.07, 6.45) is 4.57. The molecule has 0 amide bonds. The number of nitrogens with two attached hydrogens (primary N) is 1. The maximum Gasteiger partial charge on any atom is 0.105 e. The van der Waals surface area contributed by atoms with Crippen molar-refractivity contribution in [2.75, 3.05) is 13.1 Å². The maximum atomic E-state index is 6.08. The molecule has 3 nitrogen and oxygen atoms in total. The molecule has 2 aromatic carbocycles. The molecule has 138 valence electrons. The lowest BCUT2D eigenvalue weighted by atomic mass is 10.0. The van der Waals surface area contributed by atoms with Crippen molar-refractivity contribution in [2.24, 2.45) is 5.73 Å². The summed E-state index contributed by atoms with van der Waals surface area (Å²) in [6, 6.07) is 19.2. The third-order valence-corrected chi connectivity index (χ3v) is 5.37. The fourth-order valence-corrected chi connectivity index (χ4v) is 3.91. The molecule has 0 spiro atoms. The molecular weight excluding hydrogens is 342 g/mol. The minimum absolute atomic E-state index is 0.278. The molecule has 2 N–H and O–H groups in total. The minimum Gasteiger partial charge on any atom is -0.355 e. The van der Waals surface area contributed by atoms with Gasteiger partial charge in [0.25, 0.3) is 0 Å². The topological polar surface area (TPSA) is 32.5 Å². The Morgan fingerprint density at radius 2 is 1.77 bits per heavy atom. The minimum atomic E-state index is 0.278. The van der Waals surface area contributed by atoms with Crippen LogP contribution < -0.4 is 5.73 Å². The Balaban J connectivity index is 1.86. The summed E-state index contributed by atoms with van der Waals surface area (Å²) in [5, 5.41) is 0.778. The number of nitrogens with zero attached hydrogens (tertiary/aromatic N) is 2. The largest absolute Gasteiger partial charge is 0.355 e. The standard InChI is InChI=1S/C22H28ClN3/c1-17-16-25(14-6-13-24)22(15-19-7-4-3-5-8-19)26(17)18(2)20-9-11-21(23)12-10-20/h3-5,7-12,16,18,22H,6,13-15,24H2,1-2H3. The Hall–Kier alpha value is -1.97. The lowest BCUT2D eigenvalue weighted by Gasteiger charge is -2.38. The van der Waals surface area contributed by atoms with E-state index in [1.54, 1.807) is 0 Å². The van der Waals surface area contributed by atoms with E-state index in [4.69, 9.17) is 17.3 Å². The quantitative estimate of drug-likeness (QED) is 0.761. The van der Waals surface area contributed by atoms with Crippen molar-refractivity contribution in [1.29, 1.82) is 0 Å². The van der Waals surface area contributed by atoms with E-state index in [1.165, 1.54) is 16.8 Å². The van der Waals surface area contributed by atoms with Crippen molar-refractivity contribution in [3.8, 4) is 0 Å². The summed E-state index contributed by atoms with van der Waals surface area (Å²) >= 11 is 6.08. The summed E-state index contributed by atoms with van der Waals surface area (Å²) in [5.41, 5.74) is 9.69. The highest BCUT2D eigenvalue weighted by atomic mass is 35.5. The summed E-state index contributed by atoms with van der Waals surface area (Å²) < 4.78 is 0. The second-order valence-corrected chi connectivity index (χ2v) is 7.39. The van der Waals surface area contributed by atoms with Gasteiger partial charge in [0.15, 0.2) is 0 Å². The number of allylic oxidation sites excluding steroid dienone is 1. The first kappa shape index (κ1) is 18.8. The van der Waals surface area contributed by atoms with Gasteiger partial charge in [0.05, 0.1) is 6.04 Å². The molecule has 2 aromatic rings. The van der Waals surface area contributed by atoms with Crippen molar-refractivity contribution in [3.63, 3.8) is 0 Å². The molecule has 0 aliphatic carbocycles. The summed E-state index contributed by atoms with van der Waals surface area (Å²) in [7, 11) is 0. The number of rotatable bonds is 7. The van der Waals surface area contributed by atoms with Gasteiger partial charge in [-0.2, -0.15) is 0 Å². The summed E-state index contributed by atoms with van der Waals surface area (Å²) in [6.45, 7) is 6.17. The van der Waals surface area contributed by atoms with E-state index in [-0.39, 0.29) is 6.04 Å². The first-order valence-corrected chi connectivity index (χ1v) is 9.70. The van der Waals surface area contributed by atoms with E-state index in [1.807, 2.05) is 12.1 Å². The smallest absolute Gasteiger partial charge is 0.105 e. The highest BCUT2D eigenvalue weighted by Crippen LogP contribution is 2.34. The van der Waals surface area contributed by atoms with Crippen LogP contribution >= 0.6 is 11.6 Å². The second-order valence-electron chi connectivity index (χ2n) is 6.96. The molecule has 0 bridgehead atoms. The van der Waals surface area contributed by atoms with Crippen LogP contribution in [-0.2, 0) is 6.42 Å². The fourth-order valence-electron chi connectivity index (χ4n) is 3.78. The molecular formula is C22H28ClN3. The predicted octanol–water partition coefficient (Wildman–Crippen LogP) is 4.80. The Labute approximate surface area is 162 Å². The van der Waals surface area contributed by atoms with E-state index < -0.39 is 0 Å². The van der Waals surface area contributed by atoms with Crippen LogP contribution in [0, 0.1) is 0 Å². The average molecular weight is 370 g/mol. The zero-order valence-corrected chi connectivity index (χ0v) is 16.4. The van der Waals surface area contributed by atoms with Crippen molar-refractivity contribution < 1.29 is 0 Å². The number of benzene rings is 2. The van der Waals surface area contributed by atoms with Gasteiger partial charge in [-0.15, -0.1) is 0 Å². The molecule has 2 atom stereocenters. The van der Waals surface area contributed by atoms with Crippen molar-refractivity contribution >= 4 is 11.6 Å². The van der Waals surface area contributed by atoms with Gasteiger partial charge in [0.1, 0.15) is 6.17 Å². The number of halogens is 1. The molecule has 0 radical (unpaired) electrons. The fraction of sp³-hybridized carbons (Fsp3) is 0.364. The van der Waals surface area contributed by atoms with Gasteiger partial charge in [-0.05, 0) is 50.1 Å². The van der Waals surface area contributed by atoms with E-state index in [0.29, 0.717) is 12.7 Å². The zero-order valence-electron chi connectivity index (χ0n) is 15.6. The first-order chi connectivity index (χ1) is 12.6. The van der Waals surface area contributed by atoms with Gasteiger partial charge in [0, 0.05) is 29.9 Å². The molecule has 26 heavy (non-hydrogen) atoms. The van der Waals surface area contributed by atoms with Gasteiger partial charge in [-0.3, -0.25) is 0 Å². The molecule has 0 fully saturated rings. The highest BCUT2D eigenvalue weighted by Gasteiger charge is 2.33. The first-order valence-electron chi connectivity index (χ1n) is 9.32. The van der Waals surface area contributed by atoms with Crippen LogP contribution in [0.15, 0.2) is 66.5 Å². The molecule has 1 aliphatic heterocycles. The molecule has 0 saturated heterocycles. The summed E-state index contributed by atoms with van der Waals surface area (Å²) in [4.78, 5) is 4.97. The summed E-state index contributed by atoms with van der Waals surface area (Å²) in [5.74, 6) is 0. The second kappa shape index (κ2) is 8.61. The van der Waals surface area contributed by atoms with Gasteiger partial charge in [-0.1, -0.05) is 54.1 Å². The SMILES string of the molecule is CC1=CN(CCCN)C(Cc2ccccc2)N1C(C)c1ccc(Cl)cc1.